The molecule has 26 heavy (non-hydrogen) atoms. The van der Waals surface area contributed by atoms with Crippen LogP contribution in [0, 0.1) is 5.82 Å². The number of nitrogens with one attached hydrogen (secondary N) is 1. The third-order valence-electron chi connectivity index (χ3n) is 3.30. The summed E-state index contributed by atoms with van der Waals surface area (Å²) < 4.78 is 40.4. The Bertz CT molecular complexity index is 791. The summed E-state index contributed by atoms with van der Waals surface area (Å²) in [6.45, 7) is 1.38. The number of amides is 1. The van der Waals surface area contributed by atoms with Crippen molar-refractivity contribution in [2.24, 2.45) is 12.2 Å². The van der Waals surface area contributed by atoms with Gasteiger partial charge in [-0.05, 0) is 19.1 Å². The molecule has 1 unspecified atom stereocenters. The van der Waals surface area contributed by atoms with E-state index in [1.165, 1.54) is 37.7 Å². The number of rotatable bonds is 7. The van der Waals surface area contributed by atoms with Crippen molar-refractivity contribution >= 4 is 23.7 Å². The van der Waals surface area contributed by atoms with E-state index in [1.54, 1.807) is 6.92 Å². The standard InChI is InChI=1S/C16H16ClF3N4O2/c1-9(6-21-26-8-11-12(17)4-3-5-13(11)18)22-16(25)10-7-24(2)23-14(10)15(19)20/h3-7,9,15H,8H2,1-2H3,(H,22,25)/b21-6+. The van der Waals surface area contributed by atoms with Crippen molar-refractivity contribution in [2.45, 2.75) is 26.0 Å². The fraction of sp³-hybridized carbons (Fsp3) is 0.312. The number of carbonyl (C=O) groups excluding carboxylic acids is 1. The number of aromatic nitrogens is 2. The molecule has 1 aromatic carbocycles. The highest BCUT2D eigenvalue weighted by molar-refractivity contribution is 6.31. The molecule has 1 atom stereocenters. The van der Waals surface area contributed by atoms with E-state index >= 15 is 0 Å². The number of nitrogens with zero attached hydrogens (tertiary/aromatic N) is 3. The molecule has 0 fully saturated rings. The Hall–Kier alpha value is -2.55. The van der Waals surface area contributed by atoms with Gasteiger partial charge in [0.25, 0.3) is 12.3 Å². The second-order valence-electron chi connectivity index (χ2n) is 5.39. The predicted octanol–water partition coefficient (Wildman–Crippen LogP) is 3.47. The van der Waals surface area contributed by atoms with Crippen LogP contribution in [0.2, 0.25) is 5.02 Å². The number of halogens is 4. The molecule has 2 rings (SSSR count). The van der Waals surface area contributed by atoms with Gasteiger partial charge in [0, 0.05) is 18.8 Å². The number of alkyl halides is 2. The molecule has 1 heterocycles. The summed E-state index contributed by atoms with van der Waals surface area (Å²) in [4.78, 5) is 17.0. The van der Waals surface area contributed by atoms with Crippen LogP contribution >= 0.6 is 11.6 Å². The summed E-state index contributed by atoms with van der Waals surface area (Å²) in [5, 5.41) is 9.87. The number of aryl methyl sites for hydroxylation is 1. The minimum atomic E-state index is -2.87. The Morgan fingerprint density at radius 2 is 2.23 bits per heavy atom. The molecule has 6 nitrogen and oxygen atoms in total. The van der Waals surface area contributed by atoms with Crippen molar-refractivity contribution in [1.29, 1.82) is 0 Å². The fourth-order valence-corrected chi connectivity index (χ4v) is 2.29. The van der Waals surface area contributed by atoms with Crippen LogP contribution in [0.1, 0.15) is 35.0 Å². The molecular formula is C16H16ClF3N4O2. The SMILES string of the molecule is CC(/C=N/OCc1c(F)cccc1Cl)NC(=O)c1cn(C)nc1C(F)F. The number of oxime groups is 1. The van der Waals surface area contributed by atoms with Crippen molar-refractivity contribution in [3.8, 4) is 0 Å². The first-order valence-electron chi connectivity index (χ1n) is 7.50. The predicted molar refractivity (Wildman–Crippen MR) is 89.8 cm³/mol. The van der Waals surface area contributed by atoms with Gasteiger partial charge in [0.2, 0.25) is 0 Å². The maximum Gasteiger partial charge on any atom is 0.282 e. The normalized spacial score (nSPS) is 12.6. The van der Waals surface area contributed by atoms with Crippen molar-refractivity contribution in [3.05, 3.63) is 52.1 Å². The van der Waals surface area contributed by atoms with Gasteiger partial charge in [-0.3, -0.25) is 9.48 Å². The van der Waals surface area contributed by atoms with E-state index in [4.69, 9.17) is 16.4 Å². The fourth-order valence-electron chi connectivity index (χ4n) is 2.07. The zero-order chi connectivity index (χ0) is 19.3. The third kappa shape index (κ3) is 4.98. The second-order valence-corrected chi connectivity index (χ2v) is 5.80. The lowest BCUT2D eigenvalue weighted by molar-refractivity contribution is 0.0933. The van der Waals surface area contributed by atoms with E-state index in [9.17, 15) is 18.0 Å². The van der Waals surface area contributed by atoms with Gasteiger partial charge in [0.05, 0.1) is 22.8 Å². The van der Waals surface area contributed by atoms with Crippen LogP contribution in [0.5, 0.6) is 0 Å². The van der Waals surface area contributed by atoms with Gasteiger partial charge in [-0.1, -0.05) is 22.8 Å². The summed E-state index contributed by atoms with van der Waals surface area (Å²) in [7, 11) is 1.44. The highest BCUT2D eigenvalue weighted by Gasteiger charge is 2.23. The third-order valence-corrected chi connectivity index (χ3v) is 3.65. The Labute approximate surface area is 152 Å². The number of hydrogen-bond acceptors (Lipinski definition) is 4. The first kappa shape index (κ1) is 19.8. The first-order valence-corrected chi connectivity index (χ1v) is 7.88. The molecule has 2 aromatic rings. The first-order chi connectivity index (χ1) is 12.3. The van der Waals surface area contributed by atoms with E-state index in [-0.39, 0.29) is 22.8 Å². The molecular weight excluding hydrogens is 373 g/mol. The largest absolute Gasteiger partial charge is 0.391 e. The molecule has 0 spiro atoms. The zero-order valence-electron chi connectivity index (χ0n) is 13.9. The lowest BCUT2D eigenvalue weighted by Gasteiger charge is -2.09. The van der Waals surface area contributed by atoms with E-state index in [2.05, 4.69) is 15.6 Å². The van der Waals surface area contributed by atoms with Gasteiger partial charge >= 0.3 is 0 Å². The van der Waals surface area contributed by atoms with Gasteiger partial charge in [-0.15, -0.1) is 0 Å². The second kappa shape index (κ2) is 8.70. The Morgan fingerprint density at radius 1 is 1.50 bits per heavy atom. The summed E-state index contributed by atoms with van der Waals surface area (Å²) in [6, 6.07) is 3.61. The van der Waals surface area contributed by atoms with Gasteiger partial charge in [0.15, 0.2) is 0 Å². The molecule has 0 aliphatic carbocycles. The summed E-state index contributed by atoms with van der Waals surface area (Å²) in [5.41, 5.74) is -0.665. The minimum absolute atomic E-state index is 0.153. The highest BCUT2D eigenvalue weighted by atomic mass is 35.5. The van der Waals surface area contributed by atoms with Crippen LogP contribution in [0.25, 0.3) is 0 Å². The smallest absolute Gasteiger partial charge is 0.282 e. The van der Waals surface area contributed by atoms with E-state index in [0.29, 0.717) is 0 Å². The molecule has 0 saturated heterocycles. The van der Waals surface area contributed by atoms with Gasteiger partial charge in [0.1, 0.15) is 18.1 Å². The summed E-state index contributed by atoms with van der Waals surface area (Å²) in [5.74, 6) is -1.24. The highest BCUT2D eigenvalue weighted by Crippen LogP contribution is 2.21. The van der Waals surface area contributed by atoms with Crippen molar-refractivity contribution in [2.75, 3.05) is 0 Å². The van der Waals surface area contributed by atoms with Gasteiger partial charge < -0.3 is 10.2 Å². The van der Waals surface area contributed by atoms with Crippen LogP contribution in [0.4, 0.5) is 13.2 Å². The van der Waals surface area contributed by atoms with E-state index < -0.39 is 29.9 Å². The molecule has 0 aliphatic rings. The monoisotopic (exact) mass is 388 g/mol. The lowest BCUT2D eigenvalue weighted by Crippen LogP contribution is -2.34. The van der Waals surface area contributed by atoms with Gasteiger partial charge in [-0.25, -0.2) is 13.2 Å². The summed E-state index contributed by atoms with van der Waals surface area (Å²) in [6.07, 6.45) is -0.419. The Kier molecular flexibility index (Phi) is 6.62. The van der Waals surface area contributed by atoms with E-state index in [1.807, 2.05) is 0 Å². The van der Waals surface area contributed by atoms with Crippen molar-refractivity contribution in [1.82, 2.24) is 15.1 Å². The lowest BCUT2D eigenvalue weighted by atomic mass is 10.2. The quantitative estimate of drug-likeness (QED) is 0.583. The molecule has 1 N–H and O–H groups in total. The maximum atomic E-state index is 13.6. The molecule has 0 radical (unpaired) electrons. The topological polar surface area (TPSA) is 68.5 Å². The average Bonchev–Trinajstić information content (AvgIpc) is 2.96. The Morgan fingerprint density at radius 3 is 2.88 bits per heavy atom. The molecule has 140 valence electrons. The number of benzene rings is 1. The number of hydrogen-bond donors (Lipinski definition) is 1. The Balaban J connectivity index is 1.91. The van der Waals surface area contributed by atoms with Crippen LogP contribution < -0.4 is 5.32 Å². The minimum Gasteiger partial charge on any atom is -0.391 e. The van der Waals surface area contributed by atoms with Crippen LogP contribution in [0.15, 0.2) is 29.6 Å². The maximum absolute atomic E-state index is 13.6. The van der Waals surface area contributed by atoms with Crippen LogP contribution in [0.3, 0.4) is 0 Å². The van der Waals surface area contributed by atoms with Crippen LogP contribution in [-0.4, -0.2) is 27.9 Å². The molecule has 0 bridgehead atoms. The molecule has 10 heteroatoms. The van der Waals surface area contributed by atoms with Crippen LogP contribution in [-0.2, 0) is 18.5 Å². The summed E-state index contributed by atoms with van der Waals surface area (Å²) >= 11 is 5.85. The van der Waals surface area contributed by atoms with Gasteiger partial charge in [-0.2, -0.15) is 5.10 Å². The number of carbonyl (C=O) groups is 1. The average molecular weight is 389 g/mol. The zero-order valence-corrected chi connectivity index (χ0v) is 14.7. The molecule has 0 aliphatic heterocycles. The molecule has 1 aromatic heterocycles. The van der Waals surface area contributed by atoms with Crippen molar-refractivity contribution < 1.29 is 22.8 Å². The van der Waals surface area contributed by atoms with Crippen molar-refractivity contribution in [3.63, 3.8) is 0 Å². The van der Waals surface area contributed by atoms with E-state index in [0.717, 1.165) is 4.68 Å². The molecule has 0 saturated carbocycles. The molecule has 1 amide bonds.